The number of rotatable bonds is 6. The molecule has 1 rings (SSSR count). The van der Waals surface area contributed by atoms with E-state index in [-0.39, 0.29) is 6.04 Å². The second-order valence-electron chi connectivity index (χ2n) is 3.59. The first-order valence-corrected chi connectivity index (χ1v) is 6.84. The lowest BCUT2D eigenvalue weighted by atomic mass is 10.1. The number of hydrogen-bond donors (Lipinski definition) is 1. The lowest BCUT2D eigenvalue weighted by molar-refractivity contribution is 0.114. The molecular formula is C12H17ClINO. The molecule has 90 valence electrons. The predicted molar refractivity (Wildman–Crippen MR) is 77.1 cm³/mol. The average Bonchev–Trinajstić information content (AvgIpc) is 2.29. The Hall–Kier alpha value is 0.160. The molecule has 1 unspecified atom stereocenters. The van der Waals surface area contributed by atoms with Crippen LogP contribution in [0.15, 0.2) is 18.2 Å². The van der Waals surface area contributed by atoms with Crippen molar-refractivity contribution in [3.8, 4) is 0 Å². The fourth-order valence-electron chi connectivity index (χ4n) is 1.42. The Bertz CT molecular complexity index is 333. The van der Waals surface area contributed by atoms with Crippen LogP contribution < -0.4 is 5.32 Å². The normalized spacial score (nSPS) is 12.8. The average molecular weight is 354 g/mol. The Balaban J connectivity index is 2.67. The minimum atomic E-state index is 0.209. The smallest absolute Gasteiger partial charge is 0.0661 e. The van der Waals surface area contributed by atoms with E-state index in [1.165, 1.54) is 5.56 Å². The summed E-state index contributed by atoms with van der Waals surface area (Å²) < 4.78 is 6.63. The highest BCUT2D eigenvalue weighted by atomic mass is 127. The van der Waals surface area contributed by atoms with Gasteiger partial charge in [-0.15, -0.1) is 0 Å². The van der Waals surface area contributed by atoms with Crippen LogP contribution in [0.25, 0.3) is 0 Å². The zero-order chi connectivity index (χ0) is 12.0. The first-order valence-electron chi connectivity index (χ1n) is 5.39. The Kier molecular flexibility index (Phi) is 6.65. The minimum Gasteiger partial charge on any atom is -0.379 e. The summed E-state index contributed by atoms with van der Waals surface area (Å²) in [7, 11) is 1.94. The van der Waals surface area contributed by atoms with E-state index in [0.29, 0.717) is 6.61 Å². The third-order valence-corrected chi connectivity index (χ3v) is 3.90. The number of hydrogen-bond acceptors (Lipinski definition) is 2. The highest BCUT2D eigenvalue weighted by Crippen LogP contribution is 2.23. The van der Waals surface area contributed by atoms with Gasteiger partial charge in [0.15, 0.2) is 0 Å². The SMILES string of the molecule is CCCOCC(NC)c1ccc(I)c(Cl)c1. The molecule has 16 heavy (non-hydrogen) atoms. The molecule has 0 aliphatic carbocycles. The largest absolute Gasteiger partial charge is 0.379 e. The molecule has 0 heterocycles. The third-order valence-electron chi connectivity index (χ3n) is 2.33. The van der Waals surface area contributed by atoms with Gasteiger partial charge in [-0.2, -0.15) is 0 Å². The van der Waals surface area contributed by atoms with Crippen molar-refractivity contribution in [1.29, 1.82) is 0 Å². The number of benzene rings is 1. The molecule has 1 N–H and O–H groups in total. The van der Waals surface area contributed by atoms with Gasteiger partial charge in [0.2, 0.25) is 0 Å². The van der Waals surface area contributed by atoms with Gasteiger partial charge in [0, 0.05) is 10.2 Å². The summed E-state index contributed by atoms with van der Waals surface area (Å²) >= 11 is 8.33. The molecule has 4 heteroatoms. The first kappa shape index (κ1) is 14.2. The fourth-order valence-corrected chi connectivity index (χ4v) is 1.95. The molecule has 0 spiro atoms. The van der Waals surface area contributed by atoms with Crippen molar-refractivity contribution in [3.63, 3.8) is 0 Å². The molecule has 0 aliphatic heterocycles. The lowest BCUT2D eigenvalue weighted by Gasteiger charge is -2.17. The molecule has 2 nitrogen and oxygen atoms in total. The zero-order valence-corrected chi connectivity index (χ0v) is 12.5. The van der Waals surface area contributed by atoms with E-state index in [9.17, 15) is 0 Å². The molecule has 0 bridgehead atoms. The van der Waals surface area contributed by atoms with Gasteiger partial charge in [0.1, 0.15) is 0 Å². The second-order valence-corrected chi connectivity index (χ2v) is 5.16. The van der Waals surface area contributed by atoms with Crippen LogP contribution in [0.3, 0.4) is 0 Å². The van der Waals surface area contributed by atoms with Gasteiger partial charge in [-0.05, 0) is 53.8 Å². The summed E-state index contributed by atoms with van der Waals surface area (Å²) in [5.74, 6) is 0. The molecule has 0 aliphatic rings. The van der Waals surface area contributed by atoms with Gasteiger partial charge < -0.3 is 10.1 Å². The second kappa shape index (κ2) is 7.48. The Labute approximate surface area is 116 Å². The number of likely N-dealkylation sites (N-methyl/N-ethyl adjacent to an activating group) is 1. The molecule has 0 saturated carbocycles. The van der Waals surface area contributed by atoms with Crippen LogP contribution in [0.4, 0.5) is 0 Å². The minimum absolute atomic E-state index is 0.209. The third kappa shape index (κ3) is 4.20. The van der Waals surface area contributed by atoms with E-state index in [2.05, 4.69) is 40.9 Å². The van der Waals surface area contributed by atoms with Gasteiger partial charge in [-0.25, -0.2) is 0 Å². The quantitative estimate of drug-likeness (QED) is 0.623. The topological polar surface area (TPSA) is 21.3 Å². The van der Waals surface area contributed by atoms with Crippen LogP contribution in [-0.2, 0) is 4.74 Å². The predicted octanol–water partition coefficient (Wildman–Crippen LogP) is 3.63. The van der Waals surface area contributed by atoms with E-state index in [1.807, 2.05) is 19.2 Å². The van der Waals surface area contributed by atoms with Gasteiger partial charge in [0.25, 0.3) is 0 Å². The summed E-state index contributed by atoms with van der Waals surface area (Å²) in [6.45, 7) is 3.59. The van der Waals surface area contributed by atoms with Crippen LogP contribution >= 0.6 is 34.2 Å². The summed E-state index contributed by atoms with van der Waals surface area (Å²) in [4.78, 5) is 0. The summed E-state index contributed by atoms with van der Waals surface area (Å²) in [6.07, 6.45) is 1.05. The Morgan fingerprint density at radius 2 is 2.25 bits per heavy atom. The molecular weight excluding hydrogens is 336 g/mol. The Morgan fingerprint density at radius 3 is 2.81 bits per heavy atom. The van der Waals surface area contributed by atoms with E-state index < -0.39 is 0 Å². The molecule has 1 aromatic rings. The molecule has 0 saturated heterocycles. The van der Waals surface area contributed by atoms with Crippen LogP contribution in [0.2, 0.25) is 5.02 Å². The highest BCUT2D eigenvalue weighted by Gasteiger charge is 2.10. The standard InChI is InChI=1S/C12H17ClINO/c1-3-6-16-8-12(15-2)9-4-5-11(14)10(13)7-9/h4-5,7,12,15H,3,6,8H2,1-2H3. The summed E-state index contributed by atoms with van der Waals surface area (Å²) in [6, 6.07) is 6.33. The molecule has 1 atom stereocenters. The molecule has 0 radical (unpaired) electrons. The van der Waals surface area contributed by atoms with E-state index in [0.717, 1.165) is 21.6 Å². The van der Waals surface area contributed by atoms with Crippen molar-refractivity contribution < 1.29 is 4.74 Å². The van der Waals surface area contributed by atoms with Gasteiger partial charge >= 0.3 is 0 Å². The zero-order valence-electron chi connectivity index (χ0n) is 9.59. The number of nitrogens with one attached hydrogen (secondary N) is 1. The summed E-state index contributed by atoms with van der Waals surface area (Å²) in [5, 5.41) is 4.04. The van der Waals surface area contributed by atoms with Gasteiger partial charge in [0.05, 0.1) is 17.7 Å². The van der Waals surface area contributed by atoms with Crippen molar-refractivity contribution in [2.24, 2.45) is 0 Å². The molecule has 0 fully saturated rings. The number of ether oxygens (including phenoxy) is 1. The Morgan fingerprint density at radius 1 is 1.50 bits per heavy atom. The fraction of sp³-hybridized carbons (Fsp3) is 0.500. The first-order chi connectivity index (χ1) is 7.69. The highest BCUT2D eigenvalue weighted by molar-refractivity contribution is 14.1. The van der Waals surface area contributed by atoms with Gasteiger partial charge in [-0.1, -0.05) is 24.6 Å². The number of halogens is 2. The lowest BCUT2D eigenvalue weighted by Crippen LogP contribution is -2.22. The van der Waals surface area contributed by atoms with Crippen molar-refractivity contribution in [1.82, 2.24) is 5.32 Å². The summed E-state index contributed by atoms with van der Waals surface area (Å²) in [5.41, 5.74) is 1.17. The van der Waals surface area contributed by atoms with E-state index in [4.69, 9.17) is 16.3 Å². The van der Waals surface area contributed by atoms with Crippen molar-refractivity contribution in [2.75, 3.05) is 20.3 Å². The molecule has 0 amide bonds. The molecule has 1 aromatic carbocycles. The van der Waals surface area contributed by atoms with Crippen molar-refractivity contribution >= 4 is 34.2 Å². The van der Waals surface area contributed by atoms with Crippen molar-refractivity contribution in [3.05, 3.63) is 32.4 Å². The van der Waals surface area contributed by atoms with Crippen LogP contribution in [0.5, 0.6) is 0 Å². The molecule has 0 aromatic heterocycles. The van der Waals surface area contributed by atoms with Crippen LogP contribution in [-0.4, -0.2) is 20.3 Å². The van der Waals surface area contributed by atoms with Crippen LogP contribution in [0.1, 0.15) is 24.9 Å². The maximum absolute atomic E-state index is 6.10. The van der Waals surface area contributed by atoms with E-state index in [1.54, 1.807) is 0 Å². The van der Waals surface area contributed by atoms with Gasteiger partial charge in [-0.3, -0.25) is 0 Å². The van der Waals surface area contributed by atoms with Crippen molar-refractivity contribution in [2.45, 2.75) is 19.4 Å². The monoisotopic (exact) mass is 353 g/mol. The van der Waals surface area contributed by atoms with E-state index >= 15 is 0 Å². The maximum Gasteiger partial charge on any atom is 0.0661 e. The maximum atomic E-state index is 6.10. The van der Waals surface area contributed by atoms with Crippen LogP contribution in [0, 0.1) is 3.57 Å².